The molecule has 0 radical (unpaired) electrons. The van der Waals surface area contributed by atoms with E-state index in [9.17, 15) is 9.18 Å². The first-order valence-electron chi connectivity index (χ1n) is 5.72. The molecule has 0 aromatic heterocycles. The van der Waals surface area contributed by atoms with Crippen LogP contribution in [0.4, 0.5) is 4.39 Å². The second kappa shape index (κ2) is 7.48. The van der Waals surface area contributed by atoms with Gasteiger partial charge in [-0.3, -0.25) is 4.79 Å². The molecule has 0 bridgehead atoms. The van der Waals surface area contributed by atoms with Crippen molar-refractivity contribution in [1.29, 1.82) is 0 Å². The van der Waals surface area contributed by atoms with Gasteiger partial charge in [0.2, 0.25) is 0 Å². The fraction of sp³-hybridized carbons (Fsp3) is 0.462. The number of amides is 1. The molecule has 3 nitrogen and oxygen atoms in total. The first-order chi connectivity index (χ1) is 8.57. The monoisotopic (exact) mass is 317 g/mol. The van der Waals surface area contributed by atoms with Gasteiger partial charge in [0.05, 0.1) is 18.8 Å². The minimum absolute atomic E-state index is 0.109. The lowest BCUT2D eigenvalue weighted by Gasteiger charge is -2.17. The van der Waals surface area contributed by atoms with E-state index in [0.717, 1.165) is 5.33 Å². The van der Waals surface area contributed by atoms with E-state index in [0.29, 0.717) is 25.3 Å². The van der Waals surface area contributed by atoms with Crippen molar-refractivity contribution >= 4 is 21.8 Å². The molecule has 0 aliphatic heterocycles. The summed E-state index contributed by atoms with van der Waals surface area (Å²) in [5.41, 5.74) is 0.586. The third-order valence-electron chi connectivity index (χ3n) is 2.56. The molecule has 0 heterocycles. The molecule has 1 aromatic rings. The lowest BCUT2D eigenvalue weighted by Crippen LogP contribution is -2.31. The largest absolute Gasteiger partial charge is 0.379 e. The Labute approximate surface area is 115 Å². The number of hydrogen-bond donors (Lipinski definition) is 0. The summed E-state index contributed by atoms with van der Waals surface area (Å²) in [7, 11) is 1.64. The molecule has 0 atom stereocenters. The molecule has 18 heavy (non-hydrogen) atoms. The average molecular weight is 318 g/mol. The van der Waals surface area contributed by atoms with Crippen LogP contribution in [0.2, 0.25) is 0 Å². The van der Waals surface area contributed by atoms with Crippen molar-refractivity contribution in [2.24, 2.45) is 0 Å². The summed E-state index contributed by atoms with van der Waals surface area (Å²) in [6.45, 7) is 3.13. The highest BCUT2D eigenvalue weighted by Gasteiger charge is 2.16. The molecule has 100 valence electrons. The fourth-order valence-corrected chi connectivity index (χ4v) is 1.71. The number of likely N-dealkylation sites (N-methyl/N-ethyl adjacent to an activating group) is 1. The lowest BCUT2D eigenvalue weighted by molar-refractivity contribution is 0.0708. The number of carbonyl (C=O) groups excluding carboxylic acids is 1. The molecule has 0 spiro atoms. The van der Waals surface area contributed by atoms with Crippen molar-refractivity contribution in [3.63, 3.8) is 0 Å². The number of rotatable bonds is 6. The van der Waals surface area contributed by atoms with E-state index < -0.39 is 5.82 Å². The van der Waals surface area contributed by atoms with Crippen molar-refractivity contribution < 1.29 is 13.9 Å². The number of halogens is 2. The summed E-state index contributed by atoms with van der Waals surface area (Å²) < 4.78 is 19.0. The lowest BCUT2D eigenvalue weighted by atomic mass is 10.1. The number of alkyl halides is 1. The Morgan fingerprint density at radius 1 is 1.44 bits per heavy atom. The van der Waals surface area contributed by atoms with Crippen molar-refractivity contribution in [1.82, 2.24) is 4.90 Å². The molecule has 1 rings (SSSR count). The normalized spacial score (nSPS) is 10.4. The maximum absolute atomic E-state index is 13.8. The molecule has 0 N–H and O–H groups in total. The Balaban J connectivity index is 2.60. The highest BCUT2D eigenvalue weighted by Crippen LogP contribution is 2.13. The van der Waals surface area contributed by atoms with Gasteiger partial charge in [0.15, 0.2) is 0 Å². The van der Waals surface area contributed by atoms with E-state index in [-0.39, 0.29) is 11.5 Å². The van der Waals surface area contributed by atoms with Gasteiger partial charge >= 0.3 is 0 Å². The first kappa shape index (κ1) is 15.1. The molecule has 0 fully saturated rings. The number of nitrogens with zero attached hydrogens (tertiary/aromatic N) is 1. The number of hydrogen-bond acceptors (Lipinski definition) is 2. The minimum Gasteiger partial charge on any atom is -0.379 e. The van der Waals surface area contributed by atoms with Crippen molar-refractivity contribution in [2.75, 3.05) is 32.1 Å². The third-order valence-corrected chi connectivity index (χ3v) is 2.89. The molecular weight excluding hydrogens is 301 g/mol. The maximum atomic E-state index is 13.8. The van der Waals surface area contributed by atoms with Crippen LogP contribution < -0.4 is 0 Å². The van der Waals surface area contributed by atoms with Gasteiger partial charge in [-0.25, -0.2) is 4.39 Å². The van der Waals surface area contributed by atoms with E-state index in [1.807, 2.05) is 0 Å². The zero-order valence-electron chi connectivity index (χ0n) is 10.6. The zero-order valence-corrected chi connectivity index (χ0v) is 12.2. The van der Waals surface area contributed by atoms with Gasteiger partial charge in [-0.05, 0) is 18.6 Å². The summed E-state index contributed by atoms with van der Waals surface area (Å²) in [5, 5.41) is 0.761. The average Bonchev–Trinajstić information content (AvgIpc) is 2.37. The molecule has 0 aliphatic carbocycles. The van der Waals surface area contributed by atoms with Gasteiger partial charge in [-0.1, -0.05) is 28.1 Å². The van der Waals surface area contributed by atoms with Crippen LogP contribution in [0.15, 0.2) is 18.2 Å². The summed E-state index contributed by atoms with van der Waals surface area (Å²) in [5.74, 6) is -0.769. The fourth-order valence-electron chi connectivity index (χ4n) is 1.48. The summed E-state index contributed by atoms with van der Waals surface area (Å²) >= 11 is 3.24. The van der Waals surface area contributed by atoms with Gasteiger partial charge in [0.25, 0.3) is 5.91 Å². The summed E-state index contributed by atoms with van der Waals surface area (Å²) in [6.07, 6.45) is 0. The van der Waals surface area contributed by atoms with Gasteiger partial charge in [-0.2, -0.15) is 0 Å². The van der Waals surface area contributed by atoms with Crippen LogP contribution in [0.25, 0.3) is 0 Å². The van der Waals surface area contributed by atoms with Crippen LogP contribution in [-0.2, 0) is 4.74 Å². The van der Waals surface area contributed by atoms with Crippen LogP contribution in [0.1, 0.15) is 15.9 Å². The van der Waals surface area contributed by atoms with Crippen LogP contribution in [-0.4, -0.2) is 42.9 Å². The van der Waals surface area contributed by atoms with Gasteiger partial charge in [0, 0.05) is 18.9 Å². The topological polar surface area (TPSA) is 29.5 Å². The molecule has 0 saturated carbocycles. The highest BCUT2D eigenvalue weighted by molar-refractivity contribution is 9.09. The minimum atomic E-state index is -0.448. The van der Waals surface area contributed by atoms with E-state index in [1.165, 1.54) is 11.0 Å². The molecule has 0 unspecified atom stereocenters. The Hall–Kier alpha value is -0.940. The number of carbonyl (C=O) groups is 1. The maximum Gasteiger partial charge on any atom is 0.256 e. The Kier molecular flexibility index (Phi) is 6.29. The van der Waals surface area contributed by atoms with Crippen LogP contribution in [0.5, 0.6) is 0 Å². The number of benzene rings is 1. The number of aryl methyl sites for hydroxylation is 1. The Morgan fingerprint density at radius 2 is 2.17 bits per heavy atom. The molecule has 1 aromatic carbocycles. The molecule has 0 aliphatic rings. The Bertz CT molecular complexity index is 412. The van der Waals surface area contributed by atoms with Crippen molar-refractivity contribution in [2.45, 2.75) is 6.92 Å². The zero-order chi connectivity index (χ0) is 13.5. The second-order valence-corrected chi connectivity index (χ2v) is 4.76. The second-order valence-electron chi connectivity index (χ2n) is 3.96. The molecular formula is C13H17BrFNO2. The highest BCUT2D eigenvalue weighted by atomic mass is 79.9. The standard InChI is InChI=1S/C13H17BrFNO2/c1-10-4-3-5-11(12(10)15)13(17)16(2)7-9-18-8-6-14/h3-5H,6-9H2,1-2H3. The van der Waals surface area contributed by atoms with Gasteiger partial charge in [-0.15, -0.1) is 0 Å². The van der Waals surface area contributed by atoms with Crippen molar-refractivity contribution in [3.8, 4) is 0 Å². The molecule has 1 amide bonds. The van der Waals surface area contributed by atoms with E-state index in [4.69, 9.17) is 4.74 Å². The predicted octanol–water partition coefficient (Wildman–Crippen LogP) is 2.62. The van der Waals surface area contributed by atoms with E-state index in [2.05, 4.69) is 15.9 Å². The van der Waals surface area contributed by atoms with Crippen LogP contribution in [0, 0.1) is 12.7 Å². The predicted molar refractivity (Wildman–Crippen MR) is 72.7 cm³/mol. The quantitative estimate of drug-likeness (QED) is 0.596. The third kappa shape index (κ3) is 4.07. The summed E-state index contributed by atoms with van der Waals surface area (Å²) in [6, 6.07) is 4.83. The molecule has 0 saturated heterocycles. The van der Waals surface area contributed by atoms with E-state index in [1.54, 1.807) is 26.1 Å². The summed E-state index contributed by atoms with van der Waals surface area (Å²) in [4.78, 5) is 13.5. The Morgan fingerprint density at radius 3 is 2.83 bits per heavy atom. The van der Waals surface area contributed by atoms with Gasteiger partial charge in [0.1, 0.15) is 5.82 Å². The molecule has 5 heteroatoms. The first-order valence-corrected chi connectivity index (χ1v) is 6.84. The van der Waals surface area contributed by atoms with Crippen molar-refractivity contribution in [3.05, 3.63) is 35.1 Å². The smallest absolute Gasteiger partial charge is 0.256 e. The number of ether oxygens (including phenoxy) is 1. The van der Waals surface area contributed by atoms with Gasteiger partial charge < -0.3 is 9.64 Å². The van der Waals surface area contributed by atoms with E-state index >= 15 is 0 Å². The SMILES string of the molecule is Cc1cccc(C(=O)N(C)CCOCCBr)c1F. The van der Waals surface area contributed by atoms with Crippen LogP contribution in [0.3, 0.4) is 0 Å². The van der Waals surface area contributed by atoms with Crippen LogP contribution >= 0.6 is 15.9 Å².